The SMILES string of the molecule is CNC.O=C1CCCCC1. The molecule has 2 nitrogen and oxygen atoms in total. The van der Waals surface area contributed by atoms with Gasteiger partial charge in [0.05, 0.1) is 0 Å². The average molecular weight is 143 g/mol. The summed E-state index contributed by atoms with van der Waals surface area (Å²) in [4.78, 5) is 10.5. The summed E-state index contributed by atoms with van der Waals surface area (Å²) in [5.41, 5.74) is 0. The van der Waals surface area contributed by atoms with Crippen LogP contribution in [-0.2, 0) is 4.79 Å². The van der Waals surface area contributed by atoms with E-state index in [-0.39, 0.29) is 0 Å². The Kier molecular flexibility index (Phi) is 6.50. The van der Waals surface area contributed by atoms with Crippen molar-refractivity contribution in [1.29, 1.82) is 0 Å². The summed E-state index contributed by atoms with van der Waals surface area (Å²) < 4.78 is 0. The Morgan fingerprint density at radius 3 is 1.70 bits per heavy atom. The van der Waals surface area contributed by atoms with Crippen LogP contribution >= 0.6 is 0 Å². The van der Waals surface area contributed by atoms with E-state index >= 15 is 0 Å². The second kappa shape index (κ2) is 6.75. The van der Waals surface area contributed by atoms with Gasteiger partial charge in [0, 0.05) is 12.8 Å². The maximum Gasteiger partial charge on any atom is 0.132 e. The Bertz CT molecular complexity index is 83.3. The first-order valence-corrected chi connectivity index (χ1v) is 3.91. The Balaban J connectivity index is 0.000000236. The molecule has 1 fully saturated rings. The molecule has 1 N–H and O–H groups in total. The van der Waals surface area contributed by atoms with Gasteiger partial charge in [-0.3, -0.25) is 4.79 Å². The summed E-state index contributed by atoms with van der Waals surface area (Å²) >= 11 is 0. The second-order valence-corrected chi connectivity index (χ2v) is 2.60. The van der Waals surface area contributed by atoms with E-state index in [9.17, 15) is 4.79 Å². The molecule has 0 atom stereocenters. The summed E-state index contributed by atoms with van der Waals surface area (Å²) in [6.07, 6.45) is 5.24. The van der Waals surface area contributed by atoms with Gasteiger partial charge in [-0.25, -0.2) is 0 Å². The summed E-state index contributed by atoms with van der Waals surface area (Å²) in [6.45, 7) is 0. The molecule has 0 radical (unpaired) electrons. The molecular formula is C8H17NO. The van der Waals surface area contributed by atoms with Gasteiger partial charge in [0.2, 0.25) is 0 Å². The monoisotopic (exact) mass is 143 g/mol. The van der Waals surface area contributed by atoms with Gasteiger partial charge in [0.25, 0.3) is 0 Å². The first kappa shape index (κ1) is 9.63. The lowest BCUT2D eigenvalue weighted by atomic mass is 10.00. The highest BCUT2D eigenvalue weighted by molar-refractivity contribution is 5.78. The van der Waals surface area contributed by atoms with E-state index in [4.69, 9.17) is 0 Å². The van der Waals surface area contributed by atoms with E-state index in [1.807, 2.05) is 14.1 Å². The average Bonchev–Trinajstić information content (AvgIpc) is 1.91. The highest BCUT2D eigenvalue weighted by Gasteiger charge is 2.05. The standard InChI is InChI=1S/C6H10O.C2H7N/c7-6-4-2-1-3-5-6;1-3-2/h1-5H2;3H,1-2H3. The van der Waals surface area contributed by atoms with Crippen LogP contribution < -0.4 is 5.32 Å². The molecule has 0 unspecified atom stereocenters. The van der Waals surface area contributed by atoms with Crippen molar-refractivity contribution in [2.24, 2.45) is 0 Å². The highest BCUT2D eigenvalue weighted by atomic mass is 16.1. The normalized spacial score (nSPS) is 17.6. The molecule has 0 spiro atoms. The lowest BCUT2D eigenvalue weighted by Crippen LogP contribution is -2.02. The third-order valence-electron chi connectivity index (χ3n) is 1.41. The van der Waals surface area contributed by atoms with Crippen molar-refractivity contribution in [3.63, 3.8) is 0 Å². The van der Waals surface area contributed by atoms with Crippen molar-refractivity contribution in [3.8, 4) is 0 Å². The predicted octanol–water partition coefficient (Wildman–Crippen LogP) is 1.36. The summed E-state index contributed by atoms with van der Waals surface area (Å²) in [5.74, 6) is 0.464. The van der Waals surface area contributed by atoms with Crippen LogP contribution in [0.5, 0.6) is 0 Å². The van der Waals surface area contributed by atoms with Gasteiger partial charge in [-0.2, -0.15) is 0 Å². The number of ketones is 1. The quantitative estimate of drug-likeness (QED) is 0.554. The lowest BCUT2D eigenvalue weighted by molar-refractivity contribution is -0.120. The van der Waals surface area contributed by atoms with E-state index < -0.39 is 0 Å². The van der Waals surface area contributed by atoms with Crippen LogP contribution in [0.3, 0.4) is 0 Å². The number of carbonyl (C=O) groups excluding carboxylic acids is 1. The molecule has 1 saturated carbocycles. The van der Waals surface area contributed by atoms with E-state index in [0.29, 0.717) is 5.78 Å². The van der Waals surface area contributed by atoms with Crippen molar-refractivity contribution in [1.82, 2.24) is 5.32 Å². The Morgan fingerprint density at radius 1 is 1.10 bits per heavy atom. The molecule has 0 amide bonds. The number of nitrogens with one attached hydrogen (secondary N) is 1. The van der Waals surface area contributed by atoms with Gasteiger partial charge in [-0.15, -0.1) is 0 Å². The van der Waals surface area contributed by atoms with Crippen LogP contribution in [0.2, 0.25) is 0 Å². The van der Waals surface area contributed by atoms with Gasteiger partial charge in [-0.05, 0) is 26.9 Å². The van der Waals surface area contributed by atoms with E-state index in [2.05, 4.69) is 5.32 Å². The molecule has 0 aromatic carbocycles. The van der Waals surface area contributed by atoms with Crippen molar-refractivity contribution in [2.75, 3.05) is 14.1 Å². The van der Waals surface area contributed by atoms with Crippen LogP contribution in [0.25, 0.3) is 0 Å². The zero-order valence-corrected chi connectivity index (χ0v) is 6.94. The van der Waals surface area contributed by atoms with Crippen molar-refractivity contribution in [2.45, 2.75) is 32.1 Å². The fraction of sp³-hybridized carbons (Fsp3) is 0.875. The predicted molar refractivity (Wildman–Crippen MR) is 43.1 cm³/mol. The topological polar surface area (TPSA) is 29.1 Å². The first-order chi connectivity index (χ1) is 4.81. The smallest absolute Gasteiger partial charge is 0.132 e. The molecule has 0 aromatic heterocycles. The minimum Gasteiger partial charge on any atom is -0.323 e. The molecule has 1 rings (SSSR count). The van der Waals surface area contributed by atoms with E-state index in [1.165, 1.54) is 6.42 Å². The Morgan fingerprint density at radius 2 is 1.50 bits per heavy atom. The molecule has 0 heterocycles. The Hall–Kier alpha value is -0.370. The van der Waals surface area contributed by atoms with Crippen molar-refractivity contribution < 1.29 is 4.79 Å². The molecule has 0 bridgehead atoms. The zero-order valence-electron chi connectivity index (χ0n) is 6.94. The number of carbonyl (C=O) groups is 1. The summed E-state index contributed by atoms with van der Waals surface area (Å²) in [6, 6.07) is 0. The van der Waals surface area contributed by atoms with Gasteiger partial charge >= 0.3 is 0 Å². The van der Waals surface area contributed by atoms with Crippen LogP contribution in [0.4, 0.5) is 0 Å². The number of hydrogen-bond donors (Lipinski definition) is 1. The van der Waals surface area contributed by atoms with E-state index in [0.717, 1.165) is 25.7 Å². The van der Waals surface area contributed by atoms with Gasteiger partial charge in [0.15, 0.2) is 0 Å². The maximum absolute atomic E-state index is 10.5. The van der Waals surface area contributed by atoms with Crippen molar-refractivity contribution >= 4 is 5.78 Å². The van der Waals surface area contributed by atoms with Crippen LogP contribution in [0.1, 0.15) is 32.1 Å². The van der Waals surface area contributed by atoms with Crippen LogP contribution in [-0.4, -0.2) is 19.9 Å². The van der Waals surface area contributed by atoms with Crippen LogP contribution in [0, 0.1) is 0 Å². The third-order valence-corrected chi connectivity index (χ3v) is 1.41. The number of hydrogen-bond acceptors (Lipinski definition) is 2. The van der Waals surface area contributed by atoms with Gasteiger partial charge < -0.3 is 5.32 Å². The fourth-order valence-corrected chi connectivity index (χ4v) is 0.946. The molecule has 60 valence electrons. The van der Waals surface area contributed by atoms with Gasteiger partial charge in [0.1, 0.15) is 5.78 Å². The molecule has 10 heavy (non-hydrogen) atoms. The first-order valence-electron chi connectivity index (χ1n) is 3.91. The molecule has 1 aliphatic carbocycles. The maximum atomic E-state index is 10.5. The molecule has 2 heteroatoms. The lowest BCUT2D eigenvalue weighted by Gasteiger charge is -2.05. The van der Waals surface area contributed by atoms with Gasteiger partial charge in [-0.1, -0.05) is 6.42 Å². The molecule has 0 aliphatic heterocycles. The largest absolute Gasteiger partial charge is 0.323 e. The third kappa shape index (κ3) is 5.76. The van der Waals surface area contributed by atoms with E-state index in [1.54, 1.807) is 0 Å². The summed E-state index contributed by atoms with van der Waals surface area (Å²) in [5, 5.41) is 2.75. The zero-order chi connectivity index (χ0) is 7.82. The fourth-order valence-electron chi connectivity index (χ4n) is 0.946. The minimum absolute atomic E-state index is 0.464. The Labute approximate surface area is 63.0 Å². The highest BCUT2D eigenvalue weighted by Crippen LogP contribution is 2.12. The minimum atomic E-state index is 0.464. The van der Waals surface area contributed by atoms with Crippen molar-refractivity contribution in [3.05, 3.63) is 0 Å². The molecular weight excluding hydrogens is 126 g/mol. The number of Topliss-reactive ketones (excluding diaryl/α,β-unsaturated/α-hetero) is 1. The molecule has 0 aromatic rings. The molecule has 0 saturated heterocycles. The molecule has 1 aliphatic rings. The van der Waals surface area contributed by atoms with Crippen LogP contribution in [0.15, 0.2) is 0 Å². The summed E-state index contributed by atoms with van der Waals surface area (Å²) in [7, 11) is 3.75. The number of rotatable bonds is 0. The second-order valence-electron chi connectivity index (χ2n) is 2.60.